The van der Waals surface area contributed by atoms with Gasteiger partial charge in [0.15, 0.2) is 0 Å². The molecule has 0 aliphatic carbocycles. The first-order chi connectivity index (χ1) is 13.9. The van der Waals surface area contributed by atoms with Gasteiger partial charge in [0.1, 0.15) is 5.75 Å². The van der Waals surface area contributed by atoms with Crippen molar-refractivity contribution in [1.82, 2.24) is 16.0 Å². The maximum Gasteiger partial charge on any atom is 0.387 e. The number of urea groups is 1. The Labute approximate surface area is 168 Å². The highest BCUT2D eigenvalue weighted by atomic mass is 19.3. The molecule has 3 N–H and O–H groups in total. The highest BCUT2D eigenvalue weighted by Gasteiger charge is 2.17. The van der Waals surface area contributed by atoms with E-state index in [1.54, 1.807) is 12.1 Å². The lowest BCUT2D eigenvalue weighted by Gasteiger charge is -2.20. The summed E-state index contributed by atoms with van der Waals surface area (Å²) in [5, 5.41) is 8.04. The van der Waals surface area contributed by atoms with Crippen LogP contribution >= 0.6 is 0 Å². The van der Waals surface area contributed by atoms with Gasteiger partial charge >= 0.3 is 12.6 Å². The van der Waals surface area contributed by atoms with Gasteiger partial charge in [-0.3, -0.25) is 15.4 Å². The molecule has 0 radical (unpaired) electrons. The van der Waals surface area contributed by atoms with Crippen LogP contribution in [0.3, 0.4) is 0 Å². The molecule has 0 aliphatic heterocycles. The van der Waals surface area contributed by atoms with Crippen molar-refractivity contribution in [2.24, 2.45) is 0 Å². The summed E-state index contributed by atoms with van der Waals surface area (Å²) in [7, 11) is 0. The zero-order valence-electron chi connectivity index (χ0n) is 16.3. The number of carbonyl (C=O) groups is 2. The van der Waals surface area contributed by atoms with Crippen LogP contribution in [0, 0.1) is 0 Å². The van der Waals surface area contributed by atoms with Crippen molar-refractivity contribution in [3.8, 4) is 5.75 Å². The second-order valence-corrected chi connectivity index (χ2v) is 6.50. The van der Waals surface area contributed by atoms with Gasteiger partial charge < -0.3 is 10.1 Å². The first-order valence-electron chi connectivity index (χ1n) is 9.32. The molecule has 0 spiro atoms. The molecule has 6 nitrogen and oxygen atoms in total. The van der Waals surface area contributed by atoms with E-state index in [9.17, 15) is 18.4 Å². The molecule has 0 fully saturated rings. The lowest BCUT2D eigenvalue weighted by Crippen LogP contribution is -2.46. The van der Waals surface area contributed by atoms with Gasteiger partial charge in [-0.15, -0.1) is 0 Å². The summed E-state index contributed by atoms with van der Waals surface area (Å²) in [5.41, 5.74) is 1.64. The van der Waals surface area contributed by atoms with Crippen LogP contribution in [0.4, 0.5) is 13.6 Å². The van der Waals surface area contributed by atoms with Crippen molar-refractivity contribution in [2.45, 2.75) is 39.0 Å². The summed E-state index contributed by atoms with van der Waals surface area (Å²) < 4.78 is 29.1. The van der Waals surface area contributed by atoms with Crippen molar-refractivity contribution in [1.29, 1.82) is 0 Å². The van der Waals surface area contributed by atoms with Crippen molar-refractivity contribution < 1.29 is 23.1 Å². The third-order valence-electron chi connectivity index (χ3n) is 4.28. The van der Waals surface area contributed by atoms with Crippen molar-refractivity contribution in [3.05, 3.63) is 65.7 Å². The smallest absolute Gasteiger partial charge is 0.387 e. The van der Waals surface area contributed by atoms with Crippen LogP contribution < -0.4 is 20.7 Å². The maximum absolute atomic E-state index is 12.3. The molecule has 8 heteroatoms. The highest BCUT2D eigenvalue weighted by molar-refractivity contribution is 5.95. The number of rotatable bonds is 9. The van der Waals surface area contributed by atoms with Crippen LogP contribution in [0.2, 0.25) is 0 Å². The van der Waals surface area contributed by atoms with E-state index in [1.165, 1.54) is 12.1 Å². The van der Waals surface area contributed by atoms with Gasteiger partial charge in [-0.2, -0.15) is 8.78 Å². The minimum atomic E-state index is -2.89. The van der Waals surface area contributed by atoms with Crippen LogP contribution in [0.1, 0.15) is 37.4 Å². The monoisotopic (exact) mass is 405 g/mol. The normalized spacial score (nSPS) is 12.9. The Hall–Kier alpha value is -3.00. The summed E-state index contributed by atoms with van der Waals surface area (Å²) in [4.78, 5) is 23.9. The molecule has 3 amide bonds. The van der Waals surface area contributed by atoms with E-state index in [1.807, 2.05) is 44.2 Å². The molecule has 2 aromatic carbocycles. The third kappa shape index (κ3) is 7.50. The molecule has 0 heterocycles. The number of nitrogens with one attached hydrogen (secondary N) is 3. The standard InChI is InChI=1S/C21H25F2N3O3/c1-3-14(2)25-21(28)26-18(27)13-24-19(15-7-5-4-6-8-15)16-9-11-17(12-10-16)29-20(22)23/h4-12,14,19-20,24H,3,13H2,1-2H3,(H2,25,26,27,28)/t14-,19+/m1/s1. The number of benzene rings is 2. The summed E-state index contributed by atoms with van der Waals surface area (Å²) in [5.74, 6) is -0.431. The first kappa shape index (κ1) is 22.3. The molecule has 0 saturated heterocycles. The number of carbonyl (C=O) groups excluding carboxylic acids is 2. The fraction of sp³-hybridized carbons (Fsp3) is 0.333. The predicted molar refractivity (Wildman–Crippen MR) is 106 cm³/mol. The molecule has 0 aromatic heterocycles. The quantitative estimate of drug-likeness (QED) is 0.596. The molecular weight excluding hydrogens is 380 g/mol. The topological polar surface area (TPSA) is 79.5 Å². The van der Waals surface area contributed by atoms with Gasteiger partial charge in [-0.25, -0.2) is 4.79 Å². The van der Waals surface area contributed by atoms with Crippen molar-refractivity contribution in [2.75, 3.05) is 6.54 Å². The van der Waals surface area contributed by atoms with Crippen molar-refractivity contribution in [3.63, 3.8) is 0 Å². The average molecular weight is 405 g/mol. The van der Waals surface area contributed by atoms with Crippen LogP contribution in [0.5, 0.6) is 5.75 Å². The number of alkyl halides is 2. The van der Waals surface area contributed by atoms with E-state index < -0.39 is 18.5 Å². The Kier molecular flexibility index (Phi) is 8.54. The summed E-state index contributed by atoms with van der Waals surface area (Å²) >= 11 is 0. The van der Waals surface area contributed by atoms with Crippen LogP contribution in [-0.4, -0.2) is 31.1 Å². The lowest BCUT2D eigenvalue weighted by molar-refractivity contribution is -0.119. The number of amides is 3. The first-order valence-corrected chi connectivity index (χ1v) is 9.32. The number of imide groups is 1. The fourth-order valence-electron chi connectivity index (χ4n) is 2.64. The second-order valence-electron chi connectivity index (χ2n) is 6.50. The highest BCUT2D eigenvalue weighted by Crippen LogP contribution is 2.24. The van der Waals surface area contributed by atoms with Crippen LogP contribution in [0.25, 0.3) is 0 Å². The van der Waals surface area contributed by atoms with Gasteiger partial charge in [-0.1, -0.05) is 49.4 Å². The Bertz CT molecular complexity index is 786. The summed E-state index contributed by atoms with van der Waals surface area (Å²) in [6, 6.07) is 14.6. The predicted octanol–water partition coefficient (Wildman–Crippen LogP) is 3.59. The number of hydrogen-bond donors (Lipinski definition) is 3. The minimum absolute atomic E-state index is 0.0400. The Morgan fingerprint density at radius 2 is 1.62 bits per heavy atom. The Morgan fingerprint density at radius 1 is 1.00 bits per heavy atom. The molecule has 0 saturated carbocycles. The van der Waals surface area contributed by atoms with Gasteiger partial charge in [0, 0.05) is 6.04 Å². The van der Waals surface area contributed by atoms with Crippen LogP contribution in [-0.2, 0) is 4.79 Å². The maximum atomic E-state index is 12.3. The molecule has 0 bridgehead atoms. The summed E-state index contributed by atoms with van der Waals surface area (Å²) in [6.07, 6.45) is 0.751. The molecule has 156 valence electrons. The average Bonchev–Trinajstić information content (AvgIpc) is 2.69. The lowest BCUT2D eigenvalue weighted by atomic mass is 9.98. The van der Waals surface area contributed by atoms with Crippen LogP contribution in [0.15, 0.2) is 54.6 Å². The Balaban J connectivity index is 2.06. The number of halogens is 2. The largest absolute Gasteiger partial charge is 0.435 e. The van der Waals surface area contributed by atoms with Crippen molar-refractivity contribution >= 4 is 11.9 Å². The third-order valence-corrected chi connectivity index (χ3v) is 4.28. The molecule has 2 atom stereocenters. The fourth-order valence-corrected chi connectivity index (χ4v) is 2.64. The molecule has 29 heavy (non-hydrogen) atoms. The number of hydrogen-bond acceptors (Lipinski definition) is 4. The molecule has 0 aliphatic rings. The zero-order chi connectivity index (χ0) is 21.2. The van der Waals surface area contributed by atoms with E-state index in [4.69, 9.17) is 0 Å². The molecule has 0 unspecified atom stereocenters. The van der Waals surface area contributed by atoms with E-state index in [2.05, 4.69) is 20.7 Å². The van der Waals surface area contributed by atoms with E-state index >= 15 is 0 Å². The summed E-state index contributed by atoms with van der Waals surface area (Å²) in [6.45, 7) is 0.767. The van der Waals surface area contributed by atoms with Gasteiger partial charge in [0.2, 0.25) is 5.91 Å². The zero-order valence-corrected chi connectivity index (χ0v) is 16.3. The Morgan fingerprint density at radius 3 is 2.21 bits per heavy atom. The molecule has 2 rings (SSSR count). The van der Waals surface area contributed by atoms with E-state index in [0.717, 1.165) is 17.5 Å². The minimum Gasteiger partial charge on any atom is -0.435 e. The SMILES string of the molecule is CC[C@@H](C)NC(=O)NC(=O)CN[C@@H](c1ccccc1)c1ccc(OC(F)F)cc1. The van der Waals surface area contributed by atoms with Gasteiger partial charge in [0.25, 0.3) is 0 Å². The van der Waals surface area contributed by atoms with E-state index in [0.29, 0.717) is 0 Å². The van der Waals surface area contributed by atoms with E-state index in [-0.39, 0.29) is 24.4 Å². The number of ether oxygens (including phenoxy) is 1. The second kappa shape index (κ2) is 11.1. The molecule has 2 aromatic rings. The van der Waals surface area contributed by atoms with Gasteiger partial charge in [0.05, 0.1) is 12.6 Å². The van der Waals surface area contributed by atoms with Gasteiger partial charge in [-0.05, 0) is 36.6 Å². The molecular formula is C21H25F2N3O3.